The number of carbonyl (C=O) groups is 1. The zero-order valence-electron chi connectivity index (χ0n) is 13.9. The molecule has 1 saturated heterocycles. The lowest BCUT2D eigenvalue weighted by molar-refractivity contribution is 0.0955. The molecule has 0 unspecified atom stereocenters. The van der Waals surface area contributed by atoms with Crippen molar-refractivity contribution in [2.24, 2.45) is 0 Å². The Bertz CT molecular complexity index is 586. The van der Waals surface area contributed by atoms with Gasteiger partial charge in [0.05, 0.1) is 12.1 Å². The van der Waals surface area contributed by atoms with E-state index in [4.69, 9.17) is 0 Å². The van der Waals surface area contributed by atoms with Crippen molar-refractivity contribution in [2.75, 3.05) is 13.1 Å². The molecule has 3 nitrogen and oxygen atoms in total. The van der Waals surface area contributed by atoms with Gasteiger partial charge in [0, 0.05) is 13.1 Å². The molecular weight excluding hydrogens is 284 g/mol. The van der Waals surface area contributed by atoms with Crippen molar-refractivity contribution < 1.29 is 4.79 Å². The van der Waals surface area contributed by atoms with Gasteiger partial charge in [-0.15, -0.1) is 0 Å². The van der Waals surface area contributed by atoms with E-state index in [2.05, 4.69) is 38.1 Å². The molecule has 1 heterocycles. The minimum atomic E-state index is 0.106. The highest BCUT2D eigenvalue weighted by Crippen LogP contribution is 2.29. The average molecular weight is 308 g/mol. The summed E-state index contributed by atoms with van der Waals surface area (Å²) < 4.78 is 0. The SMILES string of the molecule is C[C@H](c1ccccc1)N1CCCN([C@H](C)c2ccccc2)C1=O. The summed E-state index contributed by atoms with van der Waals surface area (Å²) in [5, 5.41) is 0. The maximum absolute atomic E-state index is 13.0. The monoisotopic (exact) mass is 308 g/mol. The van der Waals surface area contributed by atoms with E-state index in [9.17, 15) is 4.79 Å². The van der Waals surface area contributed by atoms with Crippen molar-refractivity contribution in [2.45, 2.75) is 32.4 Å². The molecule has 120 valence electrons. The quantitative estimate of drug-likeness (QED) is 0.807. The Labute approximate surface area is 138 Å². The van der Waals surface area contributed by atoms with Crippen molar-refractivity contribution in [3.63, 3.8) is 0 Å². The largest absolute Gasteiger partial charge is 0.321 e. The van der Waals surface area contributed by atoms with Crippen molar-refractivity contribution in [3.8, 4) is 0 Å². The number of hydrogen-bond acceptors (Lipinski definition) is 1. The number of urea groups is 1. The molecule has 2 amide bonds. The van der Waals surface area contributed by atoms with Gasteiger partial charge in [0.1, 0.15) is 0 Å². The molecule has 0 bridgehead atoms. The van der Waals surface area contributed by atoms with E-state index >= 15 is 0 Å². The molecule has 1 aliphatic heterocycles. The van der Waals surface area contributed by atoms with Crippen LogP contribution in [-0.2, 0) is 0 Å². The second-order valence-electron chi connectivity index (χ2n) is 6.20. The Morgan fingerprint density at radius 3 is 1.52 bits per heavy atom. The second-order valence-corrected chi connectivity index (χ2v) is 6.20. The van der Waals surface area contributed by atoms with Crippen LogP contribution in [0, 0.1) is 0 Å². The van der Waals surface area contributed by atoms with Crippen LogP contribution in [0.15, 0.2) is 60.7 Å². The summed E-state index contributed by atoms with van der Waals surface area (Å²) in [4.78, 5) is 17.0. The Kier molecular flexibility index (Phi) is 4.65. The first kappa shape index (κ1) is 15.6. The van der Waals surface area contributed by atoms with Gasteiger partial charge in [0.25, 0.3) is 0 Å². The van der Waals surface area contributed by atoms with Gasteiger partial charge in [-0.05, 0) is 31.4 Å². The Morgan fingerprint density at radius 1 is 0.739 bits per heavy atom. The van der Waals surface area contributed by atoms with Crippen molar-refractivity contribution in [3.05, 3.63) is 71.8 Å². The van der Waals surface area contributed by atoms with E-state index in [0.717, 1.165) is 19.5 Å². The molecule has 0 aromatic heterocycles. The lowest BCUT2D eigenvalue weighted by Gasteiger charge is -2.42. The van der Waals surface area contributed by atoms with E-state index in [-0.39, 0.29) is 18.1 Å². The maximum atomic E-state index is 13.0. The summed E-state index contributed by atoms with van der Waals surface area (Å²) in [6.45, 7) is 5.88. The number of amides is 2. The second kappa shape index (κ2) is 6.86. The number of rotatable bonds is 4. The van der Waals surface area contributed by atoms with Crippen LogP contribution in [0.3, 0.4) is 0 Å². The predicted octanol–water partition coefficient (Wildman–Crippen LogP) is 4.64. The zero-order valence-corrected chi connectivity index (χ0v) is 13.9. The molecular formula is C20H24N2O. The highest BCUT2D eigenvalue weighted by molar-refractivity contribution is 5.76. The van der Waals surface area contributed by atoms with Gasteiger partial charge < -0.3 is 9.80 Å². The van der Waals surface area contributed by atoms with Crippen LogP contribution in [0.4, 0.5) is 4.79 Å². The van der Waals surface area contributed by atoms with E-state index in [1.54, 1.807) is 0 Å². The normalized spacial score (nSPS) is 17.9. The van der Waals surface area contributed by atoms with Gasteiger partial charge in [0.15, 0.2) is 0 Å². The topological polar surface area (TPSA) is 23.6 Å². The lowest BCUT2D eigenvalue weighted by Crippen LogP contribution is -2.50. The zero-order chi connectivity index (χ0) is 16.2. The maximum Gasteiger partial charge on any atom is 0.321 e. The van der Waals surface area contributed by atoms with Crippen LogP contribution < -0.4 is 0 Å². The molecule has 1 fully saturated rings. The van der Waals surface area contributed by atoms with Crippen LogP contribution >= 0.6 is 0 Å². The molecule has 0 radical (unpaired) electrons. The van der Waals surface area contributed by atoms with Crippen LogP contribution in [0.25, 0.3) is 0 Å². The molecule has 1 aliphatic rings. The van der Waals surface area contributed by atoms with Crippen LogP contribution in [0.2, 0.25) is 0 Å². The molecule has 0 saturated carbocycles. The van der Waals surface area contributed by atoms with E-state index in [1.165, 1.54) is 11.1 Å². The highest BCUT2D eigenvalue weighted by atomic mass is 16.2. The number of benzene rings is 2. The molecule has 0 aliphatic carbocycles. The van der Waals surface area contributed by atoms with Gasteiger partial charge in [-0.1, -0.05) is 60.7 Å². The van der Waals surface area contributed by atoms with Crippen molar-refractivity contribution >= 4 is 6.03 Å². The van der Waals surface area contributed by atoms with Gasteiger partial charge in [0.2, 0.25) is 0 Å². The molecule has 2 aromatic carbocycles. The summed E-state index contributed by atoms with van der Waals surface area (Å²) >= 11 is 0. The van der Waals surface area contributed by atoms with Crippen molar-refractivity contribution in [1.82, 2.24) is 9.80 Å². The molecule has 2 aromatic rings. The molecule has 0 spiro atoms. The summed E-state index contributed by atoms with van der Waals surface area (Å²) in [7, 11) is 0. The third kappa shape index (κ3) is 3.24. The first-order valence-electron chi connectivity index (χ1n) is 8.35. The van der Waals surface area contributed by atoms with E-state index in [1.807, 2.05) is 46.2 Å². The first-order valence-corrected chi connectivity index (χ1v) is 8.35. The smallest absolute Gasteiger partial charge is 0.318 e. The molecule has 0 N–H and O–H groups in total. The van der Waals surface area contributed by atoms with Crippen LogP contribution in [-0.4, -0.2) is 28.9 Å². The fraction of sp³-hybridized carbons (Fsp3) is 0.350. The fourth-order valence-corrected chi connectivity index (χ4v) is 3.31. The van der Waals surface area contributed by atoms with Gasteiger partial charge in [-0.25, -0.2) is 4.79 Å². The third-order valence-corrected chi connectivity index (χ3v) is 4.79. The first-order chi connectivity index (χ1) is 11.2. The number of hydrogen-bond donors (Lipinski definition) is 0. The summed E-state index contributed by atoms with van der Waals surface area (Å²) in [5.74, 6) is 0. The fourth-order valence-electron chi connectivity index (χ4n) is 3.31. The highest BCUT2D eigenvalue weighted by Gasteiger charge is 2.32. The van der Waals surface area contributed by atoms with Gasteiger partial charge in [-0.2, -0.15) is 0 Å². The Morgan fingerprint density at radius 2 is 1.13 bits per heavy atom. The van der Waals surface area contributed by atoms with E-state index < -0.39 is 0 Å². The van der Waals surface area contributed by atoms with Gasteiger partial charge in [-0.3, -0.25) is 0 Å². The van der Waals surface area contributed by atoms with Crippen LogP contribution in [0.5, 0.6) is 0 Å². The van der Waals surface area contributed by atoms with Crippen molar-refractivity contribution in [1.29, 1.82) is 0 Å². The molecule has 3 rings (SSSR count). The molecule has 23 heavy (non-hydrogen) atoms. The molecule has 2 atom stereocenters. The standard InChI is InChI=1S/C20H24N2O/c1-16(18-10-5-3-6-11-18)21-14-9-15-22(20(21)23)17(2)19-12-7-4-8-13-19/h3-8,10-13,16-17H,9,14-15H2,1-2H3/t16-,17-/m1/s1. The third-order valence-electron chi connectivity index (χ3n) is 4.79. The Balaban J connectivity index is 1.79. The minimum absolute atomic E-state index is 0.106. The van der Waals surface area contributed by atoms with Crippen LogP contribution in [0.1, 0.15) is 43.5 Å². The Hall–Kier alpha value is -2.29. The predicted molar refractivity (Wildman–Crippen MR) is 93.1 cm³/mol. The lowest BCUT2D eigenvalue weighted by atomic mass is 10.0. The average Bonchev–Trinajstić information content (AvgIpc) is 2.62. The van der Waals surface area contributed by atoms with E-state index in [0.29, 0.717) is 0 Å². The summed E-state index contributed by atoms with van der Waals surface area (Å²) in [5.41, 5.74) is 2.38. The minimum Gasteiger partial charge on any atom is -0.318 e. The molecule has 3 heteroatoms. The summed E-state index contributed by atoms with van der Waals surface area (Å²) in [6.07, 6.45) is 1.01. The van der Waals surface area contributed by atoms with Gasteiger partial charge >= 0.3 is 6.03 Å². The summed E-state index contributed by atoms with van der Waals surface area (Å²) in [6, 6.07) is 20.9. The number of carbonyl (C=O) groups excluding carboxylic acids is 1. The number of nitrogens with zero attached hydrogens (tertiary/aromatic N) is 2.